The number of hydrogen-bond donors (Lipinski definition) is 2. The Kier molecular flexibility index (Phi) is 5.91. The number of anilines is 2. The third-order valence-electron chi connectivity index (χ3n) is 3.19. The van der Waals surface area contributed by atoms with E-state index in [0.717, 1.165) is 30.5 Å². The molecule has 2 aromatic rings. The topological polar surface area (TPSA) is 145 Å². The van der Waals surface area contributed by atoms with Crippen LogP contribution >= 0.6 is 0 Å². The highest BCUT2D eigenvalue weighted by molar-refractivity contribution is 7.92. The van der Waals surface area contributed by atoms with Crippen LogP contribution in [0.5, 0.6) is 5.75 Å². The van der Waals surface area contributed by atoms with Crippen LogP contribution in [0.3, 0.4) is 0 Å². The van der Waals surface area contributed by atoms with Crippen molar-refractivity contribution >= 4 is 37.1 Å². The molecule has 0 radical (unpaired) electrons. The second-order valence-electron chi connectivity index (χ2n) is 5.37. The monoisotopic (exact) mass is 415 g/mol. The van der Waals surface area contributed by atoms with Gasteiger partial charge in [-0.25, -0.2) is 16.8 Å². The molecule has 0 aliphatic heterocycles. The van der Waals surface area contributed by atoms with E-state index < -0.39 is 25.0 Å². The molecule has 0 saturated heterocycles. The Bertz CT molecular complexity index is 1050. The number of hydrogen-bond acceptors (Lipinski definition) is 7. The Labute approximate surface area is 156 Å². The Morgan fingerprint density at radius 3 is 2.19 bits per heavy atom. The van der Waals surface area contributed by atoms with E-state index in [1.54, 1.807) is 6.92 Å². The number of nitrogens with one attached hydrogen (secondary N) is 2. The second kappa shape index (κ2) is 7.80. The fourth-order valence-electron chi connectivity index (χ4n) is 2.11. The first-order valence-corrected chi connectivity index (χ1v) is 10.9. The SMILES string of the molecule is CCOc1cc(NS(=O)(=O)c2ccc([N+](=O)[O-])cc2)ccc1NS(C)(=O)=O. The van der Waals surface area contributed by atoms with E-state index in [-0.39, 0.29) is 34.3 Å². The lowest BCUT2D eigenvalue weighted by Gasteiger charge is -2.14. The molecule has 27 heavy (non-hydrogen) atoms. The van der Waals surface area contributed by atoms with E-state index in [0.29, 0.717) is 0 Å². The summed E-state index contributed by atoms with van der Waals surface area (Å²) in [7, 11) is -7.55. The number of ether oxygens (including phenoxy) is 1. The quantitative estimate of drug-likeness (QED) is 0.496. The van der Waals surface area contributed by atoms with Crippen molar-refractivity contribution in [3.8, 4) is 5.75 Å². The molecule has 0 amide bonds. The van der Waals surface area contributed by atoms with Crippen molar-refractivity contribution in [3.05, 3.63) is 52.6 Å². The van der Waals surface area contributed by atoms with Gasteiger partial charge in [-0.2, -0.15) is 0 Å². The lowest BCUT2D eigenvalue weighted by Crippen LogP contribution is -2.14. The maximum absolute atomic E-state index is 12.4. The van der Waals surface area contributed by atoms with Crippen LogP contribution in [0.4, 0.5) is 17.1 Å². The van der Waals surface area contributed by atoms with Gasteiger partial charge in [0.25, 0.3) is 15.7 Å². The molecule has 0 heterocycles. The van der Waals surface area contributed by atoms with Crippen molar-refractivity contribution < 1.29 is 26.5 Å². The van der Waals surface area contributed by atoms with E-state index >= 15 is 0 Å². The zero-order chi connectivity index (χ0) is 20.2. The zero-order valence-electron chi connectivity index (χ0n) is 14.4. The van der Waals surface area contributed by atoms with E-state index in [9.17, 15) is 26.9 Å². The van der Waals surface area contributed by atoms with Crippen molar-refractivity contribution in [2.45, 2.75) is 11.8 Å². The summed E-state index contributed by atoms with van der Waals surface area (Å²) in [4.78, 5) is 9.86. The number of benzene rings is 2. The molecule has 10 nitrogen and oxygen atoms in total. The fraction of sp³-hybridized carbons (Fsp3) is 0.200. The predicted octanol–water partition coefficient (Wildman–Crippen LogP) is 2.17. The molecule has 0 fully saturated rings. The van der Waals surface area contributed by atoms with Crippen LogP contribution in [0.25, 0.3) is 0 Å². The number of sulfonamides is 2. The van der Waals surface area contributed by atoms with Crippen LogP contribution < -0.4 is 14.2 Å². The van der Waals surface area contributed by atoms with Gasteiger partial charge in [0, 0.05) is 18.2 Å². The van der Waals surface area contributed by atoms with Crippen LogP contribution in [0.1, 0.15) is 6.92 Å². The van der Waals surface area contributed by atoms with Gasteiger partial charge < -0.3 is 4.74 Å². The summed E-state index contributed by atoms with van der Waals surface area (Å²) in [6.45, 7) is 1.93. The highest BCUT2D eigenvalue weighted by Crippen LogP contribution is 2.30. The van der Waals surface area contributed by atoms with Gasteiger partial charge in [0.05, 0.1) is 34.1 Å². The average Bonchev–Trinajstić information content (AvgIpc) is 2.56. The van der Waals surface area contributed by atoms with Gasteiger partial charge in [-0.15, -0.1) is 0 Å². The number of nitro groups is 1. The summed E-state index contributed by atoms with van der Waals surface area (Å²) in [6, 6.07) is 8.45. The van der Waals surface area contributed by atoms with Gasteiger partial charge >= 0.3 is 0 Å². The van der Waals surface area contributed by atoms with Gasteiger partial charge in [-0.1, -0.05) is 0 Å². The molecule has 0 aliphatic rings. The van der Waals surface area contributed by atoms with Crippen LogP contribution in [-0.2, 0) is 20.0 Å². The van der Waals surface area contributed by atoms with Gasteiger partial charge in [0.1, 0.15) is 5.75 Å². The predicted molar refractivity (Wildman–Crippen MR) is 100.0 cm³/mol. The Balaban J connectivity index is 2.32. The normalized spacial score (nSPS) is 11.6. The number of non-ortho nitro benzene ring substituents is 1. The van der Waals surface area contributed by atoms with Gasteiger partial charge in [0.2, 0.25) is 10.0 Å². The minimum Gasteiger partial charge on any atom is -0.492 e. The largest absolute Gasteiger partial charge is 0.492 e. The van der Waals surface area contributed by atoms with Gasteiger partial charge in [0.15, 0.2) is 0 Å². The molecule has 0 spiro atoms. The smallest absolute Gasteiger partial charge is 0.269 e. The Morgan fingerprint density at radius 2 is 1.67 bits per heavy atom. The number of rotatable bonds is 8. The Morgan fingerprint density at radius 1 is 1.04 bits per heavy atom. The Hall–Kier alpha value is -2.86. The van der Waals surface area contributed by atoms with Crippen LogP contribution in [0.15, 0.2) is 47.4 Å². The maximum atomic E-state index is 12.4. The van der Waals surface area contributed by atoms with Crippen molar-refractivity contribution in [3.63, 3.8) is 0 Å². The summed E-state index contributed by atoms with van der Waals surface area (Å²) in [5.41, 5.74) is 0.0669. The second-order valence-corrected chi connectivity index (χ2v) is 8.81. The van der Waals surface area contributed by atoms with E-state index in [1.807, 2.05) is 0 Å². The molecule has 12 heteroatoms. The van der Waals surface area contributed by atoms with E-state index in [2.05, 4.69) is 9.44 Å². The van der Waals surface area contributed by atoms with Gasteiger partial charge in [-0.05, 0) is 31.2 Å². The number of nitrogens with zero attached hydrogens (tertiary/aromatic N) is 1. The first kappa shape index (κ1) is 20.5. The maximum Gasteiger partial charge on any atom is 0.269 e. The average molecular weight is 415 g/mol. The molecule has 0 atom stereocenters. The standard InChI is InChI=1S/C15H17N3O7S2/c1-3-25-15-10-11(4-9-14(15)17-26(2,21)22)16-27(23,24)13-7-5-12(6-8-13)18(19)20/h4-10,16-17H,3H2,1-2H3. The molecule has 0 saturated carbocycles. The van der Waals surface area contributed by atoms with E-state index in [4.69, 9.17) is 4.74 Å². The lowest BCUT2D eigenvalue weighted by molar-refractivity contribution is -0.384. The zero-order valence-corrected chi connectivity index (χ0v) is 16.0. The van der Waals surface area contributed by atoms with Crippen molar-refractivity contribution in [2.75, 3.05) is 22.3 Å². The number of nitro benzene ring substituents is 1. The third kappa shape index (κ3) is 5.56. The van der Waals surface area contributed by atoms with Crippen molar-refractivity contribution in [2.24, 2.45) is 0 Å². The first-order chi connectivity index (χ1) is 12.5. The summed E-state index contributed by atoms with van der Waals surface area (Å²) in [5.74, 6) is 0.145. The minimum atomic E-state index is -4.00. The molecule has 2 N–H and O–H groups in total. The van der Waals surface area contributed by atoms with E-state index in [1.165, 1.54) is 18.2 Å². The molecule has 0 aliphatic carbocycles. The molecule has 0 bridgehead atoms. The molecular formula is C15H17N3O7S2. The van der Waals surface area contributed by atoms with Crippen LogP contribution in [0, 0.1) is 10.1 Å². The minimum absolute atomic E-state index is 0.135. The fourth-order valence-corrected chi connectivity index (χ4v) is 3.72. The van der Waals surface area contributed by atoms with Crippen molar-refractivity contribution in [1.82, 2.24) is 0 Å². The molecule has 0 aromatic heterocycles. The highest BCUT2D eigenvalue weighted by atomic mass is 32.2. The molecule has 146 valence electrons. The summed E-state index contributed by atoms with van der Waals surface area (Å²) < 4.78 is 57.6. The molecular weight excluding hydrogens is 398 g/mol. The third-order valence-corrected chi connectivity index (χ3v) is 5.17. The van der Waals surface area contributed by atoms with Gasteiger partial charge in [-0.3, -0.25) is 19.6 Å². The molecule has 0 unspecified atom stereocenters. The van der Waals surface area contributed by atoms with Crippen LogP contribution in [-0.4, -0.2) is 34.6 Å². The summed E-state index contributed by atoms with van der Waals surface area (Å²) in [6.07, 6.45) is 0.980. The summed E-state index contributed by atoms with van der Waals surface area (Å²) in [5, 5.41) is 10.7. The van der Waals surface area contributed by atoms with Crippen LogP contribution in [0.2, 0.25) is 0 Å². The first-order valence-electron chi connectivity index (χ1n) is 7.54. The summed E-state index contributed by atoms with van der Waals surface area (Å²) >= 11 is 0. The molecule has 2 aromatic carbocycles. The lowest BCUT2D eigenvalue weighted by atomic mass is 10.2. The highest BCUT2D eigenvalue weighted by Gasteiger charge is 2.17. The van der Waals surface area contributed by atoms with Crippen molar-refractivity contribution in [1.29, 1.82) is 0 Å². The molecule has 2 rings (SSSR count).